The molecule has 0 saturated carbocycles. The van der Waals surface area contributed by atoms with Gasteiger partial charge in [0.2, 0.25) is 0 Å². The number of amides is 2. The number of hydrogen-bond donors (Lipinski definition) is 2. The van der Waals surface area contributed by atoms with E-state index >= 15 is 0 Å². The number of aliphatic hydroxyl groups excluding tert-OH is 1. The lowest BCUT2D eigenvalue weighted by Gasteiger charge is -2.21. The van der Waals surface area contributed by atoms with Crippen LogP contribution < -0.4 is 5.73 Å². The second-order valence-corrected chi connectivity index (χ2v) is 3.00. The molecule has 0 spiro atoms. The predicted octanol–water partition coefficient (Wildman–Crippen LogP) is -0.232. The normalized spacial score (nSPS) is 30.9. The van der Waals surface area contributed by atoms with Crippen molar-refractivity contribution >= 4 is 6.03 Å². The van der Waals surface area contributed by atoms with Crippen LogP contribution in [0.1, 0.15) is 13.3 Å². The van der Waals surface area contributed by atoms with Crippen LogP contribution in [0.25, 0.3) is 0 Å². The highest BCUT2D eigenvalue weighted by Gasteiger charge is 2.31. The molecule has 0 radical (unpaired) electrons. The summed E-state index contributed by atoms with van der Waals surface area (Å²) < 4.78 is 0. The summed E-state index contributed by atoms with van der Waals surface area (Å²) in [6, 6.07) is -0.286. The molecular weight excluding hydrogens is 144 g/mol. The zero-order chi connectivity index (χ0) is 8.43. The first-order valence-corrected chi connectivity index (χ1v) is 3.83. The van der Waals surface area contributed by atoms with E-state index in [0.29, 0.717) is 6.54 Å². The van der Waals surface area contributed by atoms with E-state index in [1.165, 1.54) is 0 Å². The van der Waals surface area contributed by atoms with Gasteiger partial charge in [-0.2, -0.15) is 0 Å². The van der Waals surface area contributed by atoms with E-state index in [0.717, 1.165) is 6.42 Å². The third kappa shape index (κ3) is 1.45. The second-order valence-electron chi connectivity index (χ2n) is 3.00. The van der Waals surface area contributed by atoms with Gasteiger partial charge < -0.3 is 15.7 Å². The van der Waals surface area contributed by atoms with Gasteiger partial charge in [0.05, 0.1) is 0 Å². The number of nitrogens with two attached hydrogens (primary N) is 1. The van der Waals surface area contributed by atoms with E-state index in [9.17, 15) is 4.79 Å². The minimum atomic E-state index is -0.381. The molecule has 1 fully saturated rings. The van der Waals surface area contributed by atoms with Gasteiger partial charge in [-0.3, -0.25) is 0 Å². The summed E-state index contributed by atoms with van der Waals surface area (Å²) in [6.45, 7) is 2.74. The fourth-order valence-corrected chi connectivity index (χ4v) is 1.56. The third-order valence-electron chi connectivity index (χ3n) is 2.43. The summed E-state index contributed by atoms with van der Waals surface area (Å²) in [5.41, 5.74) is 5.11. The Morgan fingerprint density at radius 3 is 2.73 bits per heavy atom. The molecule has 0 aromatic heterocycles. The van der Waals surface area contributed by atoms with Crippen LogP contribution in [0.15, 0.2) is 0 Å². The Hall–Kier alpha value is -0.770. The van der Waals surface area contributed by atoms with Crippen LogP contribution in [-0.2, 0) is 0 Å². The lowest BCUT2D eigenvalue weighted by molar-refractivity contribution is 0.176. The molecule has 11 heavy (non-hydrogen) atoms. The number of carbonyl (C=O) groups excluding carboxylic acids is 1. The van der Waals surface area contributed by atoms with E-state index in [1.54, 1.807) is 4.90 Å². The largest absolute Gasteiger partial charge is 0.396 e. The summed E-state index contributed by atoms with van der Waals surface area (Å²) in [5.74, 6) is 0.211. The smallest absolute Gasteiger partial charge is 0.315 e. The standard InChI is InChI=1S/C7H14N2O2/c1-5-6(4-10)2-3-9(5)7(8)11/h5-6,10H,2-4H2,1H3,(H2,8,11)/t5-,6+/m1/s1. The molecule has 4 nitrogen and oxygen atoms in total. The zero-order valence-corrected chi connectivity index (χ0v) is 6.66. The highest BCUT2D eigenvalue weighted by atomic mass is 16.3. The molecule has 64 valence electrons. The molecule has 0 bridgehead atoms. The van der Waals surface area contributed by atoms with Gasteiger partial charge in [0.15, 0.2) is 0 Å². The van der Waals surface area contributed by atoms with Crippen molar-refractivity contribution in [2.24, 2.45) is 11.7 Å². The molecule has 0 aromatic rings. The van der Waals surface area contributed by atoms with E-state index < -0.39 is 0 Å². The highest BCUT2D eigenvalue weighted by molar-refractivity contribution is 5.72. The van der Waals surface area contributed by atoms with Gasteiger partial charge in [0, 0.05) is 25.1 Å². The number of hydrogen-bond acceptors (Lipinski definition) is 2. The minimum absolute atomic E-state index is 0.0949. The van der Waals surface area contributed by atoms with Gasteiger partial charge in [0.25, 0.3) is 0 Å². The minimum Gasteiger partial charge on any atom is -0.396 e. The van der Waals surface area contributed by atoms with Crippen LogP contribution in [0.3, 0.4) is 0 Å². The van der Waals surface area contributed by atoms with Crippen LogP contribution in [0.2, 0.25) is 0 Å². The molecule has 2 amide bonds. The predicted molar refractivity (Wildman–Crippen MR) is 40.9 cm³/mol. The maximum atomic E-state index is 10.7. The fraction of sp³-hybridized carbons (Fsp3) is 0.857. The van der Waals surface area contributed by atoms with Crippen molar-refractivity contribution in [3.63, 3.8) is 0 Å². The van der Waals surface area contributed by atoms with Crippen LogP contribution in [0.4, 0.5) is 4.79 Å². The maximum Gasteiger partial charge on any atom is 0.315 e. The van der Waals surface area contributed by atoms with Gasteiger partial charge >= 0.3 is 6.03 Å². The Bertz CT molecular complexity index is 161. The van der Waals surface area contributed by atoms with E-state index in [1.807, 2.05) is 6.92 Å². The van der Waals surface area contributed by atoms with Crippen molar-refractivity contribution in [1.29, 1.82) is 0 Å². The van der Waals surface area contributed by atoms with Gasteiger partial charge in [-0.15, -0.1) is 0 Å². The van der Waals surface area contributed by atoms with Gasteiger partial charge in [0.1, 0.15) is 0 Å². The van der Waals surface area contributed by atoms with Crippen molar-refractivity contribution in [2.45, 2.75) is 19.4 Å². The number of likely N-dealkylation sites (tertiary alicyclic amines) is 1. The van der Waals surface area contributed by atoms with Crippen molar-refractivity contribution in [3.05, 3.63) is 0 Å². The van der Waals surface area contributed by atoms with E-state index in [4.69, 9.17) is 10.8 Å². The third-order valence-corrected chi connectivity index (χ3v) is 2.43. The van der Waals surface area contributed by atoms with E-state index in [-0.39, 0.29) is 24.6 Å². The number of primary amides is 1. The average Bonchev–Trinajstić information content (AvgIpc) is 2.30. The number of nitrogens with zero attached hydrogens (tertiary/aromatic N) is 1. The first-order valence-electron chi connectivity index (χ1n) is 3.83. The average molecular weight is 158 g/mol. The van der Waals surface area contributed by atoms with Crippen molar-refractivity contribution < 1.29 is 9.90 Å². The summed E-state index contributed by atoms with van der Waals surface area (Å²) >= 11 is 0. The van der Waals surface area contributed by atoms with Crippen LogP contribution in [0.5, 0.6) is 0 Å². The molecule has 0 unspecified atom stereocenters. The van der Waals surface area contributed by atoms with Gasteiger partial charge in [-0.1, -0.05) is 0 Å². The highest BCUT2D eigenvalue weighted by Crippen LogP contribution is 2.22. The lowest BCUT2D eigenvalue weighted by atomic mass is 10.0. The fourth-order valence-electron chi connectivity index (χ4n) is 1.56. The molecule has 4 heteroatoms. The number of urea groups is 1. The first-order chi connectivity index (χ1) is 5.16. The first kappa shape index (κ1) is 8.33. The molecule has 1 saturated heterocycles. The summed E-state index contributed by atoms with van der Waals surface area (Å²) in [5, 5.41) is 8.86. The Labute approximate surface area is 66.0 Å². The monoisotopic (exact) mass is 158 g/mol. The van der Waals surface area contributed by atoms with Crippen molar-refractivity contribution in [2.75, 3.05) is 13.2 Å². The summed E-state index contributed by atoms with van der Waals surface area (Å²) in [4.78, 5) is 12.3. The topological polar surface area (TPSA) is 66.6 Å². The van der Waals surface area contributed by atoms with Crippen LogP contribution in [-0.4, -0.2) is 35.2 Å². The molecule has 0 aromatic carbocycles. The Morgan fingerprint density at radius 2 is 2.45 bits per heavy atom. The van der Waals surface area contributed by atoms with Crippen LogP contribution in [0, 0.1) is 5.92 Å². The zero-order valence-electron chi connectivity index (χ0n) is 6.66. The van der Waals surface area contributed by atoms with E-state index in [2.05, 4.69) is 0 Å². The molecule has 3 N–H and O–H groups in total. The van der Waals surface area contributed by atoms with Gasteiger partial charge in [-0.05, 0) is 13.3 Å². The quantitative estimate of drug-likeness (QED) is 0.553. The number of carbonyl (C=O) groups is 1. The molecule has 0 aliphatic carbocycles. The molecule has 1 rings (SSSR count). The molecule has 1 aliphatic rings. The molecule has 1 aliphatic heterocycles. The van der Waals surface area contributed by atoms with Crippen LogP contribution >= 0.6 is 0 Å². The molecule has 2 atom stereocenters. The SMILES string of the molecule is C[C@@H]1[C@H](CO)CCN1C(N)=O. The lowest BCUT2D eigenvalue weighted by Crippen LogP contribution is -2.40. The second kappa shape index (κ2) is 3.09. The Morgan fingerprint density at radius 1 is 1.82 bits per heavy atom. The Balaban J connectivity index is 2.55. The molecular formula is C7H14N2O2. The summed E-state index contributed by atoms with van der Waals surface area (Å²) in [7, 11) is 0. The maximum absolute atomic E-state index is 10.7. The van der Waals surface area contributed by atoms with Crippen molar-refractivity contribution in [3.8, 4) is 0 Å². The number of rotatable bonds is 1. The molecule has 1 heterocycles. The Kier molecular flexibility index (Phi) is 2.34. The van der Waals surface area contributed by atoms with Crippen molar-refractivity contribution in [1.82, 2.24) is 4.90 Å². The summed E-state index contributed by atoms with van der Waals surface area (Å²) in [6.07, 6.45) is 0.862. The van der Waals surface area contributed by atoms with Gasteiger partial charge in [-0.25, -0.2) is 4.79 Å². The number of aliphatic hydroxyl groups is 1.